The summed E-state index contributed by atoms with van der Waals surface area (Å²) in [7, 11) is -1.68. The molecule has 0 amide bonds. The Bertz CT molecular complexity index is 625. The van der Waals surface area contributed by atoms with E-state index in [1.165, 1.54) is 12.1 Å². The van der Waals surface area contributed by atoms with Crippen LogP contribution in [-0.4, -0.2) is 33.7 Å². The van der Waals surface area contributed by atoms with E-state index >= 15 is 0 Å². The Kier molecular flexibility index (Phi) is 7.28. The van der Waals surface area contributed by atoms with Crippen LogP contribution in [-0.2, 0) is 9.16 Å². The molecule has 1 aliphatic heterocycles. The standard InChI is InChI=1S/C21H31FO3Si/c1-21(2,3)26(4,5)24-15-7-6-8-19-13-14-20(25-19)16-23-18-11-9-17(22)10-12-18/h9-12,19-20H,7,13-16H2,1-5H3. The molecule has 1 aromatic rings. The molecule has 0 saturated carbocycles. The van der Waals surface area contributed by atoms with Crippen molar-refractivity contribution in [2.75, 3.05) is 13.2 Å². The highest BCUT2D eigenvalue weighted by Gasteiger charge is 2.36. The highest BCUT2D eigenvalue weighted by atomic mass is 28.4. The molecule has 0 bridgehead atoms. The maximum Gasteiger partial charge on any atom is 0.192 e. The molecule has 0 radical (unpaired) electrons. The average molecular weight is 379 g/mol. The van der Waals surface area contributed by atoms with Crippen molar-refractivity contribution in [2.24, 2.45) is 0 Å². The minimum atomic E-state index is -1.68. The monoisotopic (exact) mass is 378 g/mol. The topological polar surface area (TPSA) is 27.7 Å². The van der Waals surface area contributed by atoms with E-state index in [1.54, 1.807) is 12.1 Å². The van der Waals surface area contributed by atoms with Crippen LogP contribution >= 0.6 is 0 Å². The third-order valence-corrected chi connectivity index (χ3v) is 9.65. The Morgan fingerprint density at radius 1 is 1.19 bits per heavy atom. The lowest BCUT2D eigenvalue weighted by Crippen LogP contribution is -2.40. The fourth-order valence-corrected chi connectivity index (χ4v) is 3.46. The molecule has 1 saturated heterocycles. The van der Waals surface area contributed by atoms with Gasteiger partial charge in [0, 0.05) is 13.0 Å². The molecule has 2 rings (SSSR count). The zero-order valence-electron chi connectivity index (χ0n) is 16.6. The molecule has 0 aliphatic carbocycles. The molecule has 0 N–H and O–H groups in total. The van der Waals surface area contributed by atoms with E-state index in [-0.39, 0.29) is 23.1 Å². The van der Waals surface area contributed by atoms with Crippen molar-refractivity contribution in [3.63, 3.8) is 0 Å². The number of halogens is 1. The zero-order valence-corrected chi connectivity index (χ0v) is 17.6. The van der Waals surface area contributed by atoms with Crippen LogP contribution in [0, 0.1) is 17.7 Å². The van der Waals surface area contributed by atoms with E-state index in [2.05, 4.69) is 45.7 Å². The van der Waals surface area contributed by atoms with Crippen LogP contribution < -0.4 is 4.74 Å². The van der Waals surface area contributed by atoms with Gasteiger partial charge in [-0.25, -0.2) is 4.39 Å². The number of ether oxygens (including phenoxy) is 2. The molecule has 5 heteroatoms. The summed E-state index contributed by atoms with van der Waals surface area (Å²) in [6.45, 7) is 12.4. The van der Waals surface area contributed by atoms with Gasteiger partial charge in [-0.2, -0.15) is 0 Å². The molecule has 1 heterocycles. The van der Waals surface area contributed by atoms with Crippen LogP contribution in [0.1, 0.15) is 40.0 Å². The lowest BCUT2D eigenvalue weighted by molar-refractivity contribution is 0.0419. The molecular formula is C21H31FO3Si. The second-order valence-electron chi connectivity index (χ2n) is 8.27. The molecule has 0 aromatic heterocycles. The maximum atomic E-state index is 12.9. The summed E-state index contributed by atoms with van der Waals surface area (Å²) in [4.78, 5) is 0. The zero-order chi connectivity index (χ0) is 19.2. The number of hydrogen-bond donors (Lipinski definition) is 0. The first-order chi connectivity index (χ1) is 12.2. The first-order valence-corrected chi connectivity index (χ1v) is 12.2. The van der Waals surface area contributed by atoms with E-state index in [0.717, 1.165) is 19.3 Å². The highest BCUT2D eigenvalue weighted by Crippen LogP contribution is 2.36. The molecular weight excluding hydrogens is 347 g/mol. The average Bonchev–Trinajstić information content (AvgIpc) is 3.01. The van der Waals surface area contributed by atoms with Crippen molar-refractivity contribution in [3.8, 4) is 17.6 Å². The third kappa shape index (κ3) is 6.42. The maximum absolute atomic E-state index is 12.9. The summed E-state index contributed by atoms with van der Waals surface area (Å²) in [5, 5.41) is 0.229. The summed E-state index contributed by atoms with van der Waals surface area (Å²) >= 11 is 0. The van der Waals surface area contributed by atoms with Gasteiger partial charge in [-0.1, -0.05) is 32.6 Å². The molecule has 2 unspecified atom stereocenters. The molecule has 1 aromatic carbocycles. The molecule has 1 aliphatic rings. The first kappa shape index (κ1) is 21.0. The van der Waals surface area contributed by atoms with Gasteiger partial charge in [0.05, 0.1) is 6.10 Å². The normalized spacial score (nSPS) is 20.5. The van der Waals surface area contributed by atoms with Gasteiger partial charge in [0.15, 0.2) is 8.32 Å². The summed E-state index contributed by atoms with van der Waals surface area (Å²) in [5.41, 5.74) is 0. The molecule has 1 fully saturated rings. The minimum Gasteiger partial charge on any atom is -0.491 e. The second-order valence-corrected chi connectivity index (χ2v) is 13.1. The summed E-state index contributed by atoms with van der Waals surface area (Å²) in [6.07, 6.45) is 2.62. The van der Waals surface area contributed by atoms with E-state index in [9.17, 15) is 4.39 Å². The fraction of sp³-hybridized carbons (Fsp3) is 0.619. The SMILES string of the molecule is CC(C)(C)[Si](C)(C)OCCC#CC1CCC(COc2ccc(F)cc2)O1. The van der Waals surface area contributed by atoms with Gasteiger partial charge in [0.1, 0.15) is 24.3 Å². The van der Waals surface area contributed by atoms with Gasteiger partial charge in [-0.3, -0.25) is 0 Å². The van der Waals surface area contributed by atoms with Crippen LogP contribution in [0.3, 0.4) is 0 Å². The molecule has 2 atom stereocenters. The Balaban J connectivity index is 1.66. The lowest BCUT2D eigenvalue weighted by Gasteiger charge is -2.35. The predicted molar refractivity (Wildman–Crippen MR) is 105 cm³/mol. The molecule has 144 valence electrons. The van der Waals surface area contributed by atoms with Gasteiger partial charge in [-0.05, 0) is 55.2 Å². The van der Waals surface area contributed by atoms with Gasteiger partial charge in [0.25, 0.3) is 0 Å². The Labute approximate surface area is 158 Å². The lowest BCUT2D eigenvalue weighted by atomic mass is 10.2. The van der Waals surface area contributed by atoms with Gasteiger partial charge >= 0.3 is 0 Å². The fourth-order valence-electron chi connectivity index (χ4n) is 2.41. The minimum absolute atomic E-state index is 0.0234. The predicted octanol–water partition coefficient (Wildman–Crippen LogP) is 5.17. The van der Waals surface area contributed by atoms with Crippen molar-refractivity contribution in [1.29, 1.82) is 0 Å². The van der Waals surface area contributed by atoms with Crippen molar-refractivity contribution < 1.29 is 18.3 Å². The number of rotatable bonds is 6. The van der Waals surface area contributed by atoms with E-state index in [0.29, 0.717) is 19.0 Å². The van der Waals surface area contributed by atoms with E-state index in [4.69, 9.17) is 13.9 Å². The van der Waals surface area contributed by atoms with Crippen LogP contribution in [0.5, 0.6) is 5.75 Å². The van der Waals surface area contributed by atoms with Gasteiger partial charge in [0.2, 0.25) is 0 Å². The summed E-state index contributed by atoms with van der Waals surface area (Å²) < 4.78 is 30.6. The van der Waals surface area contributed by atoms with Crippen molar-refractivity contribution in [1.82, 2.24) is 0 Å². The third-order valence-electron chi connectivity index (χ3n) is 5.12. The quantitative estimate of drug-likeness (QED) is 0.388. The van der Waals surface area contributed by atoms with Crippen molar-refractivity contribution >= 4 is 8.32 Å². The van der Waals surface area contributed by atoms with E-state index < -0.39 is 8.32 Å². The summed E-state index contributed by atoms with van der Waals surface area (Å²) in [5.74, 6) is 6.79. The van der Waals surface area contributed by atoms with Crippen LogP contribution in [0.4, 0.5) is 4.39 Å². The Morgan fingerprint density at radius 2 is 1.88 bits per heavy atom. The smallest absolute Gasteiger partial charge is 0.192 e. The van der Waals surface area contributed by atoms with Gasteiger partial charge < -0.3 is 13.9 Å². The molecule has 3 nitrogen and oxygen atoms in total. The Morgan fingerprint density at radius 3 is 2.54 bits per heavy atom. The van der Waals surface area contributed by atoms with Crippen LogP contribution in [0.15, 0.2) is 24.3 Å². The Hall–Kier alpha value is -1.35. The largest absolute Gasteiger partial charge is 0.491 e. The van der Waals surface area contributed by atoms with Crippen LogP contribution in [0.25, 0.3) is 0 Å². The summed E-state index contributed by atoms with van der Waals surface area (Å²) in [6, 6.07) is 6.05. The second kappa shape index (κ2) is 9.03. The van der Waals surface area contributed by atoms with Crippen molar-refractivity contribution in [3.05, 3.63) is 30.1 Å². The first-order valence-electron chi connectivity index (χ1n) is 9.33. The van der Waals surface area contributed by atoms with Crippen LogP contribution in [0.2, 0.25) is 18.1 Å². The van der Waals surface area contributed by atoms with Crippen molar-refractivity contribution in [2.45, 2.75) is 70.4 Å². The van der Waals surface area contributed by atoms with Gasteiger partial charge in [-0.15, -0.1) is 0 Å². The number of benzene rings is 1. The molecule has 0 spiro atoms. The number of hydrogen-bond acceptors (Lipinski definition) is 3. The molecule has 26 heavy (non-hydrogen) atoms. The van der Waals surface area contributed by atoms with E-state index in [1.807, 2.05) is 0 Å². The highest BCUT2D eigenvalue weighted by molar-refractivity contribution is 6.74.